The van der Waals surface area contributed by atoms with Gasteiger partial charge in [-0.25, -0.2) is 0 Å². The minimum absolute atomic E-state index is 0.0416. The van der Waals surface area contributed by atoms with Crippen LogP contribution in [0.25, 0.3) is 0 Å². The highest BCUT2D eigenvalue weighted by Gasteiger charge is 2.25. The molecule has 3 atom stereocenters. The van der Waals surface area contributed by atoms with Gasteiger partial charge in [-0.3, -0.25) is 0 Å². The van der Waals surface area contributed by atoms with Crippen LogP contribution in [0.2, 0.25) is 0 Å². The number of nitrogens with one attached hydrogen (secondary N) is 1. The van der Waals surface area contributed by atoms with Crippen molar-refractivity contribution in [3.8, 4) is 5.75 Å². The zero-order valence-corrected chi connectivity index (χ0v) is 12.1. The van der Waals surface area contributed by atoms with Gasteiger partial charge in [0.25, 0.3) is 0 Å². The monoisotopic (exact) mass is 263 g/mol. The third kappa shape index (κ3) is 3.48. The molecule has 2 N–H and O–H groups in total. The van der Waals surface area contributed by atoms with E-state index < -0.39 is 0 Å². The first-order valence-corrected chi connectivity index (χ1v) is 7.24. The van der Waals surface area contributed by atoms with Crippen LogP contribution in [0.5, 0.6) is 5.75 Å². The van der Waals surface area contributed by atoms with E-state index in [1.54, 1.807) is 0 Å². The first-order chi connectivity index (χ1) is 9.11. The van der Waals surface area contributed by atoms with Crippen LogP contribution in [-0.4, -0.2) is 24.4 Å². The molecule has 1 aromatic rings. The number of hydrogen-bond donors (Lipinski definition) is 2. The molecule has 0 aromatic heterocycles. The lowest BCUT2D eigenvalue weighted by Crippen LogP contribution is -2.34. The first kappa shape index (κ1) is 14.4. The fraction of sp³-hybridized carbons (Fsp3) is 0.625. The van der Waals surface area contributed by atoms with E-state index in [-0.39, 0.29) is 12.2 Å². The maximum absolute atomic E-state index is 9.97. The van der Waals surface area contributed by atoms with Gasteiger partial charge in [0.05, 0.1) is 6.10 Å². The first-order valence-electron chi connectivity index (χ1n) is 7.24. The molecule has 1 aliphatic carbocycles. The quantitative estimate of drug-likeness (QED) is 0.877. The summed E-state index contributed by atoms with van der Waals surface area (Å²) in [5.41, 5.74) is 2.40. The predicted octanol–water partition coefficient (Wildman–Crippen LogP) is 2.96. The van der Waals surface area contributed by atoms with Gasteiger partial charge in [-0.2, -0.15) is 0 Å². The molecule has 0 radical (unpaired) electrons. The predicted molar refractivity (Wildman–Crippen MR) is 77.5 cm³/mol. The molecule has 3 nitrogen and oxygen atoms in total. The fourth-order valence-corrected chi connectivity index (χ4v) is 2.62. The van der Waals surface area contributed by atoms with Crippen molar-refractivity contribution in [3.63, 3.8) is 0 Å². The number of aryl methyl sites for hydroxylation is 1. The van der Waals surface area contributed by atoms with Gasteiger partial charge in [-0.1, -0.05) is 18.6 Å². The van der Waals surface area contributed by atoms with E-state index >= 15 is 0 Å². The van der Waals surface area contributed by atoms with E-state index in [1.165, 1.54) is 5.56 Å². The summed E-state index contributed by atoms with van der Waals surface area (Å²) in [6.07, 6.45) is 3.71. The molecule has 1 aliphatic rings. The molecule has 1 aromatic carbocycles. The van der Waals surface area contributed by atoms with Crippen molar-refractivity contribution < 1.29 is 9.84 Å². The summed E-state index contributed by atoms with van der Waals surface area (Å²) in [6, 6.07) is 6.62. The Kier molecular flexibility index (Phi) is 4.83. The van der Waals surface area contributed by atoms with Crippen molar-refractivity contribution in [3.05, 3.63) is 29.3 Å². The number of aliphatic hydroxyl groups excluding tert-OH is 1. The minimum Gasteiger partial charge on any atom is -0.487 e. The molecule has 19 heavy (non-hydrogen) atoms. The Morgan fingerprint density at radius 3 is 2.68 bits per heavy atom. The highest BCUT2D eigenvalue weighted by Crippen LogP contribution is 2.28. The topological polar surface area (TPSA) is 41.5 Å². The van der Waals surface area contributed by atoms with Gasteiger partial charge in [-0.15, -0.1) is 0 Å². The summed E-state index contributed by atoms with van der Waals surface area (Å²) in [6.45, 7) is 4.20. The Bertz CT molecular complexity index is 419. The molecule has 2 rings (SSSR count). The number of hydrogen-bond acceptors (Lipinski definition) is 3. The lowest BCUT2D eigenvalue weighted by atomic mass is 9.94. The lowest BCUT2D eigenvalue weighted by molar-refractivity contribution is 0.00653. The summed E-state index contributed by atoms with van der Waals surface area (Å²) >= 11 is 0. The molecule has 0 heterocycles. The van der Waals surface area contributed by atoms with E-state index in [9.17, 15) is 5.11 Å². The van der Waals surface area contributed by atoms with Crippen LogP contribution in [0.3, 0.4) is 0 Å². The van der Waals surface area contributed by atoms with E-state index in [0.717, 1.165) is 37.0 Å². The van der Waals surface area contributed by atoms with Crippen molar-refractivity contribution in [2.45, 2.75) is 57.8 Å². The maximum atomic E-state index is 9.97. The molecular weight excluding hydrogens is 238 g/mol. The molecule has 3 unspecified atom stereocenters. The van der Waals surface area contributed by atoms with E-state index in [0.29, 0.717) is 6.04 Å². The Morgan fingerprint density at radius 2 is 2.05 bits per heavy atom. The minimum atomic E-state index is -0.316. The van der Waals surface area contributed by atoms with Crippen LogP contribution >= 0.6 is 0 Å². The Labute approximate surface area is 116 Å². The molecule has 0 amide bonds. The van der Waals surface area contributed by atoms with E-state index in [4.69, 9.17) is 4.74 Å². The van der Waals surface area contributed by atoms with Crippen LogP contribution in [0.4, 0.5) is 0 Å². The second kappa shape index (κ2) is 6.40. The average molecular weight is 263 g/mol. The third-order valence-electron chi connectivity index (χ3n) is 4.08. The largest absolute Gasteiger partial charge is 0.487 e. The Morgan fingerprint density at radius 1 is 1.32 bits per heavy atom. The summed E-state index contributed by atoms with van der Waals surface area (Å²) in [7, 11) is 1.96. The average Bonchev–Trinajstić information content (AvgIpc) is 2.42. The molecule has 0 aliphatic heterocycles. The molecule has 106 valence electrons. The Hall–Kier alpha value is -1.06. The highest BCUT2D eigenvalue weighted by atomic mass is 16.5. The lowest BCUT2D eigenvalue weighted by Gasteiger charge is -2.29. The Balaban J connectivity index is 2.08. The number of ether oxygens (including phenoxy) is 1. The summed E-state index contributed by atoms with van der Waals surface area (Å²) in [5, 5.41) is 13.2. The molecule has 0 saturated heterocycles. The van der Waals surface area contributed by atoms with Crippen LogP contribution < -0.4 is 10.1 Å². The van der Waals surface area contributed by atoms with Crippen LogP contribution in [0, 0.1) is 6.92 Å². The molecule has 1 fully saturated rings. The van der Waals surface area contributed by atoms with Crippen molar-refractivity contribution in [1.29, 1.82) is 0 Å². The standard InChI is InChI=1S/C16H25NO2/c1-11-10-13(12(2)17-3)8-9-15(11)19-16-7-5-4-6-14(16)18/h8-10,12,14,16-18H,4-7H2,1-3H3. The molecule has 0 bridgehead atoms. The maximum Gasteiger partial charge on any atom is 0.124 e. The van der Waals surface area contributed by atoms with Gasteiger partial charge in [0.1, 0.15) is 11.9 Å². The third-order valence-corrected chi connectivity index (χ3v) is 4.08. The van der Waals surface area contributed by atoms with Crippen LogP contribution in [0.15, 0.2) is 18.2 Å². The van der Waals surface area contributed by atoms with E-state index in [1.807, 2.05) is 13.1 Å². The SMILES string of the molecule is CNC(C)c1ccc(OC2CCCCC2O)c(C)c1. The van der Waals surface area contributed by atoms with Gasteiger partial charge in [0, 0.05) is 6.04 Å². The highest BCUT2D eigenvalue weighted by molar-refractivity contribution is 5.37. The van der Waals surface area contributed by atoms with Crippen molar-refractivity contribution >= 4 is 0 Å². The molecule has 1 saturated carbocycles. The fourth-order valence-electron chi connectivity index (χ4n) is 2.62. The summed E-state index contributed by atoms with van der Waals surface area (Å²) in [5.74, 6) is 0.901. The van der Waals surface area contributed by atoms with Gasteiger partial charge in [-0.05, 0) is 57.4 Å². The zero-order valence-electron chi connectivity index (χ0n) is 12.1. The van der Waals surface area contributed by atoms with Gasteiger partial charge in [0.15, 0.2) is 0 Å². The van der Waals surface area contributed by atoms with Crippen molar-refractivity contribution in [2.75, 3.05) is 7.05 Å². The van der Waals surface area contributed by atoms with E-state index in [2.05, 4.69) is 31.3 Å². The number of benzene rings is 1. The zero-order chi connectivity index (χ0) is 13.8. The molecule has 3 heteroatoms. The molecule has 0 spiro atoms. The second-order valence-corrected chi connectivity index (χ2v) is 5.54. The number of aliphatic hydroxyl groups is 1. The normalized spacial score (nSPS) is 25.1. The van der Waals surface area contributed by atoms with Gasteiger partial charge < -0.3 is 15.2 Å². The van der Waals surface area contributed by atoms with Crippen molar-refractivity contribution in [2.24, 2.45) is 0 Å². The van der Waals surface area contributed by atoms with Crippen LogP contribution in [-0.2, 0) is 0 Å². The smallest absolute Gasteiger partial charge is 0.124 e. The van der Waals surface area contributed by atoms with Crippen molar-refractivity contribution in [1.82, 2.24) is 5.32 Å². The molecular formula is C16H25NO2. The van der Waals surface area contributed by atoms with Crippen LogP contribution in [0.1, 0.15) is 49.8 Å². The summed E-state index contributed by atoms with van der Waals surface area (Å²) in [4.78, 5) is 0. The summed E-state index contributed by atoms with van der Waals surface area (Å²) < 4.78 is 6.00. The van der Waals surface area contributed by atoms with Gasteiger partial charge in [0.2, 0.25) is 0 Å². The van der Waals surface area contributed by atoms with Gasteiger partial charge >= 0.3 is 0 Å². The number of rotatable bonds is 4. The second-order valence-electron chi connectivity index (χ2n) is 5.54.